The van der Waals surface area contributed by atoms with Gasteiger partial charge in [-0.05, 0) is 37.3 Å². The molecule has 0 radical (unpaired) electrons. The summed E-state index contributed by atoms with van der Waals surface area (Å²) in [5.41, 5.74) is 0.204. The van der Waals surface area contributed by atoms with Crippen molar-refractivity contribution in [1.82, 2.24) is 24.4 Å². The maximum absolute atomic E-state index is 13.0. The van der Waals surface area contributed by atoms with Gasteiger partial charge in [-0.15, -0.1) is 0 Å². The number of hydrogen-bond acceptors (Lipinski definition) is 7. The number of ether oxygens (including phenoxy) is 2. The molecule has 1 aromatic heterocycles. The first kappa shape index (κ1) is 21.4. The largest absolute Gasteiger partial charge is 0.495 e. The molecule has 0 spiro atoms. The van der Waals surface area contributed by atoms with Crippen LogP contribution in [0.25, 0.3) is 0 Å². The number of benzene rings is 1. The van der Waals surface area contributed by atoms with Gasteiger partial charge in [-0.25, -0.2) is 8.42 Å². The molecule has 0 atom stereocenters. The lowest BCUT2D eigenvalue weighted by molar-refractivity contribution is 0.0729. The molecular formula is C17H23N5O5S2. The van der Waals surface area contributed by atoms with E-state index in [2.05, 4.69) is 15.5 Å². The van der Waals surface area contributed by atoms with Gasteiger partial charge in [0.15, 0.2) is 10.6 Å². The zero-order valence-electron chi connectivity index (χ0n) is 16.2. The predicted molar refractivity (Wildman–Crippen MR) is 107 cm³/mol. The number of H-pyrrole nitrogens is 1. The smallest absolute Gasteiger partial charge is 0.251 e. The maximum Gasteiger partial charge on any atom is 0.251 e. The Hall–Kier alpha value is -2.28. The van der Waals surface area contributed by atoms with Gasteiger partial charge in [-0.3, -0.25) is 9.89 Å². The van der Waals surface area contributed by atoms with Gasteiger partial charge in [0.05, 0.1) is 26.9 Å². The van der Waals surface area contributed by atoms with E-state index in [4.69, 9.17) is 21.7 Å². The first-order chi connectivity index (χ1) is 13.9. The van der Waals surface area contributed by atoms with Crippen LogP contribution in [-0.4, -0.2) is 66.8 Å². The van der Waals surface area contributed by atoms with Gasteiger partial charge >= 0.3 is 0 Å². The Morgan fingerprint density at radius 1 is 1.38 bits per heavy atom. The number of carbonyl (C=O) groups is 1. The fraction of sp³-hybridized carbons (Fsp3) is 0.471. The molecule has 158 valence electrons. The number of nitrogens with zero attached hydrogens (tertiary/aromatic N) is 3. The van der Waals surface area contributed by atoms with Crippen molar-refractivity contribution >= 4 is 28.1 Å². The van der Waals surface area contributed by atoms with Gasteiger partial charge in [-0.1, -0.05) is 0 Å². The highest BCUT2D eigenvalue weighted by Gasteiger charge is 2.30. The van der Waals surface area contributed by atoms with E-state index in [9.17, 15) is 13.2 Å². The van der Waals surface area contributed by atoms with Crippen LogP contribution in [0, 0.1) is 4.77 Å². The summed E-state index contributed by atoms with van der Waals surface area (Å²) in [7, 11) is -2.43. The maximum atomic E-state index is 13.0. The quantitative estimate of drug-likeness (QED) is 0.613. The summed E-state index contributed by atoms with van der Waals surface area (Å²) in [6.45, 7) is 3.84. The Bertz CT molecular complexity index is 1040. The number of carbonyl (C=O) groups excluding carboxylic acids is 1. The van der Waals surface area contributed by atoms with Gasteiger partial charge in [0, 0.05) is 25.2 Å². The highest BCUT2D eigenvalue weighted by molar-refractivity contribution is 7.89. The average molecular weight is 442 g/mol. The molecule has 2 aromatic rings. The Morgan fingerprint density at radius 2 is 2.10 bits per heavy atom. The van der Waals surface area contributed by atoms with E-state index in [-0.39, 0.29) is 35.8 Å². The number of amides is 1. The molecule has 1 aliphatic rings. The Labute approximate surface area is 173 Å². The van der Waals surface area contributed by atoms with Crippen molar-refractivity contribution in [3.63, 3.8) is 0 Å². The van der Waals surface area contributed by atoms with E-state index in [1.807, 2.05) is 6.92 Å². The normalized spacial score (nSPS) is 15.2. The second-order valence-corrected chi connectivity index (χ2v) is 8.55. The molecule has 0 saturated carbocycles. The molecule has 1 amide bonds. The lowest BCUT2D eigenvalue weighted by atomic mass is 10.2. The van der Waals surface area contributed by atoms with Crippen LogP contribution in [0.2, 0.25) is 0 Å². The molecule has 3 rings (SSSR count). The van der Waals surface area contributed by atoms with Crippen molar-refractivity contribution in [2.45, 2.75) is 24.9 Å². The molecule has 2 N–H and O–H groups in total. The van der Waals surface area contributed by atoms with Gasteiger partial charge in [0.2, 0.25) is 10.0 Å². The van der Waals surface area contributed by atoms with Crippen LogP contribution in [-0.2, 0) is 27.8 Å². The molecule has 1 fully saturated rings. The lowest BCUT2D eigenvalue weighted by Crippen LogP contribution is -2.40. The number of morpholine rings is 1. The molecular weight excluding hydrogens is 418 g/mol. The average Bonchev–Trinajstić information content (AvgIpc) is 3.11. The molecule has 1 aromatic carbocycles. The first-order valence-corrected chi connectivity index (χ1v) is 10.9. The number of methoxy groups -OCH3 is 1. The van der Waals surface area contributed by atoms with E-state index in [1.165, 1.54) is 29.6 Å². The summed E-state index contributed by atoms with van der Waals surface area (Å²) in [5.74, 6) is 0.336. The summed E-state index contributed by atoms with van der Waals surface area (Å²) >= 11 is 5.13. The van der Waals surface area contributed by atoms with Crippen molar-refractivity contribution in [1.29, 1.82) is 0 Å². The zero-order valence-corrected chi connectivity index (χ0v) is 17.8. The number of rotatable bonds is 7. The zero-order chi connectivity index (χ0) is 21.0. The summed E-state index contributed by atoms with van der Waals surface area (Å²) < 4.78 is 40.1. The molecule has 0 bridgehead atoms. The van der Waals surface area contributed by atoms with E-state index < -0.39 is 15.9 Å². The molecule has 10 nitrogen and oxygen atoms in total. The third kappa shape index (κ3) is 4.50. The minimum Gasteiger partial charge on any atom is -0.495 e. The summed E-state index contributed by atoms with van der Waals surface area (Å²) in [6.07, 6.45) is 0. The van der Waals surface area contributed by atoms with E-state index >= 15 is 0 Å². The van der Waals surface area contributed by atoms with Crippen LogP contribution in [0.3, 0.4) is 0 Å². The topological polar surface area (TPSA) is 119 Å². The van der Waals surface area contributed by atoms with E-state index in [1.54, 1.807) is 4.57 Å². The standard InChI is InChI=1S/C17H23N5O5S2/c1-3-22-15(19-20-17(22)28)11-18-16(23)12-4-5-13(26-2)14(10-12)29(24,25)21-6-8-27-9-7-21/h4-5,10H,3,6-9,11H2,1-2H3,(H,18,23)(H,20,28). The summed E-state index contributed by atoms with van der Waals surface area (Å²) in [5, 5.41) is 9.52. The second kappa shape index (κ2) is 9.03. The van der Waals surface area contributed by atoms with Gasteiger partial charge in [0.1, 0.15) is 10.6 Å². The minimum absolute atomic E-state index is 0.0502. The van der Waals surface area contributed by atoms with Crippen LogP contribution in [0.5, 0.6) is 5.75 Å². The number of nitrogens with one attached hydrogen (secondary N) is 2. The molecule has 12 heteroatoms. The molecule has 29 heavy (non-hydrogen) atoms. The van der Waals surface area contributed by atoms with E-state index in [0.29, 0.717) is 30.4 Å². The summed E-state index contributed by atoms with van der Waals surface area (Å²) in [6, 6.07) is 4.32. The molecule has 2 heterocycles. The Morgan fingerprint density at radius 3 is 2.76 bits per heavy atom. The van der Waals surface area contributed by atoms with Crippen LogP contribution in [0.1, 0.15) is 23.1 Å². The van der Waals surface area contributed by atoms with Crippen molar-refractivity contribution in [2.75, 3.05) is 33.4 Å². The van der Waals surface area contributed by atoms with Crippen molar-refractivity contribution in [2.24, 2.45) is 0 Å². The van der Waals surface area contributed by atoms with E-state index in [0.717, 1.165) is 0 Å². The SMILES string of the molecule is CCn1c(CNC(=O)c2ccc(OC)c(S(=O)(=O)N3CCOCC3)c2)n[nH]c1=S. The number of aromatic nitrogens is 3. The fourth-order valence-corrected chi connectivity index (χ4v) is 4.89. The number of sulfonamides is 1. The van der Waals surface area contributed by atoms with Gasteiger partial charge in [0.25, 0.3) is 5.91 Å². The van der Waals surface area contributed by atoms with Gasteiger partial charge < -0.3 is 19.4 Å². The molecule has 1 saturated heterocycles. The molecule has 1 aliphatic heterocycles. The van der Waals surface area contributed by atoms with Crippen LogP contribution in [0.15, 0.2) is 23.1 Å². The van der Waals surface area contributed by atoms with Gasteiger partial charge in [-0.2, -0.15) is 9.40 Å². The second-order valence-electron chi connectivity index (χ2n) is 6.25. The van der Waals surface area contributed by atoms with Crippen LogP contribution < -0.4 is 10.1 Å². The highest BCUT2D eigenvalue weighted by Crippen LogP contribution is 2.28. The minimum atomic E-state index is -3.82. The number of aromatic amines is 1. The van der Waals surface area contributed by atoms with Crippen molar-refractivity contribution in [3.05, 3.63) is 34.4 Å². The van der Waals surface area contributed by atoms with Crippen molar-refractivity contribution in [3.8, 4) is 5.75 Å². The third-order valence-electron chi connectivity index (χ3n) is 4.57. The monoisotopic (exact) mass is 441 g/mol. The highest BCUT2D eigenvalue weighted by atomic mass is 32.2. The number of hydrogen-bond donors (Lipinski definition) is 2. The lowest BCUT2D eigenvalue weighted by Gasteiger charge is -2.26. The summed E-state index contributed by atoms with van der Waals surface area (Å²) in [4.78, 5) is 12.6. The Kier molecular flexibility index (Phi) is 6.67. The predicted octanol–water partition coefficient (Wildman–Crippen LogP) is 0.920. The first-order valence-electron chi connectivity index (χ1n) is 9.06. The van der Waals surface area contributed by atoms with Crippen molar-refractivity contribution < 1.29 is 22.7 Å². The third-order valence-corrected chi connectivity index (χ3v) is 6.81. The van der Waals surface area contributed by atoms with Crippen LogP contribution in [0.4, 0.5) is 0 Å². The molecule has 0 unspecified atom stereocenters. The molecule has 0 aliphatic carbocycles. The fourth-order valence-electron chi connectivity index (χ4n) is 3.02. The Balaban J connectivity index is 1.83. The van der Waals surface area contributed by atoms with Crippen LogP contribution >= 0.6 is 12.2 Å².